The summed E-state index contributed by atoms with van der Waals surface area (Å²) in [6, 6.07) is 2.46. The molecule has 11 heavy (non-hydrogen) atoms. The number of hydrogen-bond donors (Lipinski definition) is 1. The molecular formula is C8H12N2O. The van der Waals surface area contributed by atoms with Crippen molar-refractivity contribution in [2.24, 2.45) is 0 Å². The minimum Gasteiger partial charge on any atom is -0.353 e. The van der Waals surface area contributed by atoms with E-state index in [9.17, 15) is 4.79 Å². The summed E-state index contributed by atoms with van der Waals surface area (Å²) < 4.78 is 0. The number of rotatable bonds is 4. The summed E-state index contributed by atoms with van der Waals surface area (Å²) in [4.78, 5) is 10.9. The van der Waals surface area contributed by atoms with Gasteiger partial charge in [0.05, 0.1) is 6.07 Å². The molecule has 0 aromatic heterocycles. The summed E-state index contributed by atoms with van der Waals surface area (Å²) in [5.41, 5.74) is 0. The highest BCUT2D eigenvalue weighted by molar-refractivity contribution is 5.76. The van der Waals surface area contributed by atoms with Crippen LogP contribution in [0.15, 0.2) is 0 Å². The molecule has 1 N–H and O–H groups in total. The molecule has 0 saturated heterocycles. The molecule has 0 bridgehead atoms. The second-order valence-electron chi connectivity index (χ2n) is 2.85. The molecule has 0 radical (unpaired) electrons. The van der Waals surface area contributed by atoms with Gasteiger partial charge in [0, 0.05) is 18.9 Å². The van der Waals surface area contributed by atoms with Crippen molar-refractivity contribution in [2.75, 3.05) is 0 Å². The van der Waals surface area contributed by atoms with Gasteiger partial charge in [-0.05, 0) is 19.3 Å². The smallest absolute Gasteiger partial charge is 0.220 e. The van der Waals surface area contributed by atoms with Gasteiger partial charge in [-0.25, -0.2) is 0 Å². The molecule has 3 heteroatoms. The Hall–Kier alpha value is -1.04. The molecule has 0 aromatic rings. The topological polar surface area (TPSA) is 52.9 Å². The van der Waals surface area contributed by atoms with Gasteiger partial charge < -0.3 is 5.32 Å². The van der Waals surface area contributed by atoms with Crippen LogP contribution >= 0.6 is 0 Å². The highest BCUT2D eigenvalue weighted by atomic mass is 16.1. The average molecular weight is 152 g/mol. The fraction of sp³-hybridized carbons (Fsp3) is 0.750. The van der Waals surface area contributed by atoms with Crippen LogP contribution in [-0.2, 0) is 4.79 Å². The van der Waals surface area contributed by atoms with Gasteiger partial charge in [0.15, 0.2) is 0 Å². The van der Waals surface area contributed by atoms with Crippen molar-refractivity contribution in [1.82, 2.24) is 5.32 Å². The van der Waals surface area contributed by atoms with E-state index in [0.29, 0.717) is 25.3 Å². The Morgan fingerprint density at radius 2 is 2.36 bits per heavy atom. The Balaban J connectivity index is 1.97. The van der Waals surface area contributed by atoms with E-state index in [0.717, 1.165) is 12.8 Å². The van der Waals surface area contributed by atoms with E-state index < -0.39 is 0 Å². The highest BCUT2D eigenvalue weighted by Crippen LogP contribution is 2.18. The number of nitriles is 1. The molecule has 1 fully saturated rings. The number of carbonyl (C=O) groups is 1. The Morgan fingerprint density at radius 3 is 2.91 bits per heavy atom. The number of nitrogens with one attached hydrogen (secondary N) is 1. The lowest BCUT2D eigenvalue weighted by atomic mass is 10.2. The first-order valence-corrected chi connectivity index (χ1v) is 3.99. The van der Waals surface area contributed by atoms with Crippen molar-refractivity contribution >= 4 is 5.91 Å². The maximum Gasteiger partial charge on any atom is 0.220 e. The number of nitrogens with zero attached hydrogens (tertiary/aromatic N) is 1. The first-order valence-electron chi connectivity index (χ1n) is 3.99. The van der Waals surface area contributed by atoms with Crippen molar-refractivity contribution in [1.29, 1.82) is 5.26 Å². The highest BCUT2D eigenvalue weighted by Gasteiger charge is 2.22. The van der Waals surface area contributed by atoms with Crippen LogP contribution in [0.1, 0.15) is 32.1 Å². The molecule has 0 unspecified atom stereocenters. The SMILES string of the molecule is N#CCCCC(=O)NC1CC1. The predicted octanol–water partition coefficient (Wildman–Crippen LogP) is 0.959. The molecule has 0 aliphatic heterocycles. The van der Waals surface area contributed by atoms with Gasteiger partial charge in [0.25, 0.3) is 0 Å². The lowest BCUT2D eigenvalue weighted by Crippen LogP contribution is -2.24. The molecule has 1 amide bonds. The minimum atomic E-state index is 0.0998. The van der Waals surface area contributed by atoms with Gasteiger partial charge in [-0.15, -0.1) is 0 Å². The summed E-state index contributed by atoms with van der Waals surface area (Å²) in [7, 11) is 0. The molecule has 0 heterocycles. The molecule has 0 atom stereocenters. The van der Waals surface area contributed by atoms with Crippen molar-refractivity contribution in [3.63, 3.8) is 0 Å². The molecule has 3 nitrogen and oxygen atoms in total. The zero-order valence-corrected chi connectivity index (χ0v) is 6.47. The van der Waals surface area contributed by atoms with Crippen molar-refractivity contribution in [3.05, 3.63) is 0 Å². The van der Waals surface area contributed by atoms with Crippen LogP contribution in [0.5, 0.6) is 0 Å². The third kappa shape index (κ3) is 3.61. The van der Waals surface area contributed by atoms with Crippen molar-refractivity contribution < 1.29 is 4.79 Å². The fourth-order valence-corrected chi connectivity index (χ4v) is 0.856. The van der Waals surface area contributed by atoms with Gasteiger partial charge >= 0.3 is 0 Å². The number of hydrogen-bond acceptors (Lipinski definition) is 2. The number of unbranched alkanes of at least 4 members (excludes halogenated alkanes) is 1. The third-order valence-electron chi connectivity index (χ3n) is 1.63. The first-order chi connectivity index (χ1) is 5.33. The van der Waals surface area contributed by atoms with Crippen LogP contribution in [0.2, 0.25) is 0 Å². The summed E-state index contributed by atoms with van der Waals surface area (Å²) in [5, 5.41) is 11.1. The molecule has 1 rings (SSSR count). The average Bonchev–Trinajstić information content (AvgIpc) is 2.72. The maximum atomic E-state index is 10.9. The van der Waals surface area contributed by atoms with Gasteiger partial charge in [-0.1, -0.05) is 0 Å². The van der Waals surface area contributed by atoms with Crippen LogP contribution in [0, 0.1) is 11.3 Å². The standard InChI is InChI=1S/C8H12N2O/c9-6-2-1-3-8(11)10-7-4-5-7/h7H,1-5H2,(H,10,11). The predicted molar refractivity (Wildman–Crippen MR) is 40.6 cm³/mol. The molecule has 1 aliphatic rings. The summed E-state index contributed by atoms with van der Waals surface area (Å²) in [6.45, 7) is 0. The Morgan fingerprint density at radius 1 is 1.64 bits per heavy atom. The van der Waals surface area contributed by atoms with Crippen LogP contribution in [0.4, 0.5) is 0 Å². The van der Waals surface area contributed by atoms with E-state index >= 15 is 0 Å². The maximum absolute atomic E-state index is 10.9. The third-order valence-corrected chi connectivity index (χ3v) is 1.63. The second kappa shape index (κ2) is 3.97. The van der Waals surface area contributed by atoms with Gasteiger partial charge in [0.2, 0.25) is 5.91 Å². The van der Waals surface area contributed by atoms with Crippen LogP contribution < -0.4 is 5.32 Å². The molecule has 0 aromatic carbocycles. The summed E-state index contributed by atoms with van der Waals surface area (Å²) >= 11 is 0. The normalized spacial score (nSPS) is 15.5. The largest absolute Gasteiger partial charge is 0.353 e. The van der Waals surface area contributed by atoms with E-state index in [1.807, 2.05) is 6.07 Å². The lowest BCUT2D eigenvalue weighted by molar-refractivity contribution is -0.121. The zero-order chi connectivity index (χ0) is 8.10. The fourth-order valence-electron chi connectivity index (χ4n) is 0.856. The van der Waals surface area contributed by atoms with E-state index in [2.05, 4.69) is 5.32 Å². The number of carbonyl (C=O) groups excluding carboxylic acids is 1. The molecule has 1 saturated carbocycles. The van der Waals surface area contributed by atoms with Crippen LogP contribution in [0.25, 0.3) is 0 Å². The van der Waals surface area contributed by atoms with Gasteiger partial charge in [-0.3, -0.25) is 4.79 Å². The molecule has 0 spiro atoms. The van der Waals surface area contributed by atoms with Crippen LogP contribution in [0.3, 0.4) is 0 Å². The Kier molecular flexibility index (Phi) is 2.91. The Bertz CT molecular complexity index is 179. The van der Waals surface area contributed by atoms with E-state index in [4.69, 9.17) is 5.26 Å². The first kappa shape index (κ1) is 8.06. The molecule has 1 aliphatic carbocycles. The van der Waals surface area contributed by atoms with Crippen molar-refractivity contribution in [2.45, 2.75) is 38.1 Å². The summed E-state index contributed by atoms with van der Waals surface area (Å²) in [6.07, 6.45) is 3.94. The van der Waals surface area contributed by atoms with E-state index in [1.54, 1.807) is 0 Å². The second-order valence-corrected chi connectivity index (χ2v) is 2.85. The number of amides is 1. The summed E-state index contributed by atoms with van der Waals surface area (Å²) in [5.74, 6) is 0.0998. The Labute approximate surface area is 66.4 Å². The van der Waals surface area contributed by atoms with Gasteiger partial charge in [0.1, 0.15) is 0 Å². The minimum absolute atomic E-state index is 0.0998. The van der Waals surface area contributed by atoms with E-state index in [-0.39, 0.29) is 5.91 Å². The molecular weight excluding hydrogens is 140 g/mol. The van der Waals surface area contributed by atoms with Crippen LogP contribution in [-0.4, -0.2) is 11.9 Å². The van der Waals surface area contributed by atoms with E-state index in [1.165, 1.54) is 0 Å². The van der Waals surface area contributed by atoms with Crippen molar-refractivity contribution in [3.8, 4) is 6.07 Å². The quantitative estimate of drug-likeness (QED) is 0.610. The zero-order valence-electron chi connectivity index (χ0n) is 6.47. The molecule has 60 valence electrons. The van der Waals surface area contributed by atoms with Gasteiger partial charge in [-0.2, -0.15) is 5.26 Å². The monoisotopic (exact) mass is 152 g/mol. The lowest BCUT2D eigenvalue weighted by Gasteiger charge is -1.99.